The highest BCUT2D eigenvalue weighted by Gasteiger charge is 2.14. The fraction of sp³-hybridized carbons (Fsp3) is 0.412. The largest absolute Gasteiger partial charge is 0.478 e. The summed E-state index contributed by atoms with van der Waals surface area (Å²) < 4.78 is 2.19. The van der Waals surface area contributed by atoms with Crippen LogP contribution in [0.3, 0.4) is 0 Å². The lowest BCUT2D eigenvalue weighted by Crippen LogP contribution is -2.06. The fourth-order valence-corrected chi connectivity index (χ4v) is 3.23. The average molecular weight is 318 g/mol. The number of carboxylic acid groups (broad SMARTS) is 1. The van der Waals surface area contributed by atoms with Crippen molar-refractivity contribution < 1.29 is 9.90 Å². The maximum atomic E-state index is 11.1. The number of carbonyl (C=O) groups is 1. The fourth-order valence-electron chi connectivity index (χ4n) is 2.18. The molecule has 0 fully saturated rings. The Morgan fingerprint density at radius 2 is 2.14 bits per heavy atom. The van der Waals surface area contributed by atoms with Gasteiger partial charge in [0.05, 0.1) is 16.6 Å². The molecule has 0 aliphatic rings. The van der Waals surface area contributed by atoms with Gasteiger partial charge in [-0.25, -0.2) is 9.78 Å². The van der Waals surface area contributed by atoms with Gasteiger partial charge in [0.25, 0.3) is 0 Å². The molecule has 0 amide bonds. The van der Waals surface area contributed by atoms with Crippen molar-refractivity contribution in [3.8, 4) is 0 Å². The second-order valence-electron chi connectivity index (χ2n) is 6.00. The number of rotatable bonds is 6. The summed E-state index contributed by atoms with van der Waals surface area (Å²) in [7, 11) is 0. The molecule has 2 rings (SSSR count). The number of imidazole rings is 1. The molecule has 0 unspecified atom stereocenters. The standard InChI is InChI=1S/C17H22N2O2S/c1-11(2)7-8-22-17-18-14-9-13(16(20)21)5-6-15(14)19(17)10-12(3)4/h5-7,9,12H,8,10H2,1-4H3,(H,20,21). The van der Waals surface area contributed by atoms with E-state index in [1.807, 2.05) is 6.07 Å². The molecule has 0 radical (unpaired) electrons. The molecule has 0 bridgehead atoms. The van der Waals surface area contributed by atoms with Crippen LogP contribution < -0.4 is 0 Å². The first-order valence-corrected chi connectivity index (χ1v) is 8.36. The first kappa shape index (κ1) is 16.6. The molecule has 1 aromatic carbocycles. The Kier molecular flexibility index (Phi) is 5.29. The highest BCUT2D eigenvalue weighted by Crippen LogP contribution is 2.26. The molecule has 4 nitrogen and oxygen atoms in total. The summed E-state index contributed by atoms with van der Waals surface area (Å²) >= 11 is 1.69. The van der Waals surface area contributed by atoms with E-state index in [9.17, 15) is 4.79 Å². The van der Waals surface area contributed by atoms with E-state index in [-0.39, 0.29) is 5.56 Å². The predicted octanol–water partition coefficient (Wildman–Crippen LogP) is 4.45. The van der Waals surface area contributed by atoms with E-state index in [0.717, 1.165) is 28.5 Å². The quantitative estimate of drug-likeness (QED) is 0.631. The lowest BCUT2D eigenvalue weighted by molar-refractivity contribution is 0.0697. The van der Waals surface area contributed by atoms with E-state index in [1.54, 1.807) is 23.9 Å². The summed E-state index contributed by atoms with van der Waals surface area (Å²) in [6.07, 6.45) is 2.17. The van der Waals surface area contributed by atoms with Crippen LogP contribution in [0.1, 0.15) is 38.1 Å². The van der Waals surface area contributed by atoms with E-state index in [1.165, 1.54) is 5.57 Å². The number of benzene rings is 1. The van der Waals surface area contributed by atoms with Gasteiger partial charge in [-0.1, -0.05) is 37.3 Å². The van der Waals surface area contributed by atoms with Gasteiger partial charge < -0.3 is 9.67 Å². The molecule has 0 aliphatic heterocycles. The van der Waals surface area contributed by atoms with Gasteiger partial charge in [-0.2, -0.15) is 0 Å². The SMILES string of the molecule is CC(C)=CCSc1nc2cc(C(=O)O)ccc2n1CC(C)C. The number of nitrogens with zero attached hydrogens (tertiary/aromatic N) is 2. The molecule has 0 atom stereocenters. The second-order valence-corrected chi connectivity index (χ2v) is 6.99. The zero-order valence-corrected chi connectivity index (χ0v) is 14.3. The molecule has 0 aliphatic carbocycles. The number of hydrogen-bond donors (Lipinski definition) is 1. The molecule has 1 aromatic heterocycles. The Morgan fingerprint density at radius 1 is 1.41 bits per heavy atom. The third-order valence-electron chi connectivity index (χ3n) is 3.21. The average Bonchev–Trinajstić information content (AvgIpc) is 2.75. The zero-order valence-electron chi connectivity index (χ0n) is 13.5. The minimum absolute atomic E-state index is 0.280. The van der Waals surface area contributed by atoms with Crippen molar-refractivity contribution >= 4 is 28.8 Å². The number of carboxylic acids is 1. The van der Waals surface area contributed by atoms with Crippen LogP contribution >= 0.6 is 11.8 Å². The summed E-state index contributed by atoms with van der Waals surface area (Å²) in [5.41, 5.74) is 3.31. The van der Waals surface area contributed by atoms with Gasteiger partial charge in [0.1, 0.15) is 0 Å². The lowest BCUT2D eigenvalue weighted by atomic mass is 10.2. The number of fused-ring (bicyclic) bond motifs is 1. The number of aromatic carboxylic acids is 1. The van der Waals surface area contributed by atoms with Crippen LogP contribution in [0.5, 0.6) is 0 Å². The van der Waals surface area contributed by atoms with Crippen molar-refractivity contribution in [3.05, 3.63) is 35.4 Å². The Balaban J connectivity index is 2.43. The third-order valence-corrected chi connectivity index (χ3v) is 4.12. The van der Waals surface area contributed by atoms with E-state index < -0.39 is 5.97 Å². The number of allylic oxidation sites excluding steroid dienone is 1. The van der Waals surface area contributed by atoms with E-state index in [0.29, 0.717) is 5.92 Å². The predicted molar refractivity (Wildman–Crippen MR) is 91.7 cm³/mol. The van der Waals surface area contributed by atoms with Gasteiger partial charge in [0.2, 0.25) is 0 Å². The minimum atomic E-state index is -0.918. The Morgan fingerprint density at radius 3 is 2.73 bits per heavy atom. The summed E-state index contributed by atoms with van der Waals surface area (Å²) in [4.78, 5) is 15.8. The van der Waals surface area contributed by atoms with Crippen molar-refractivity contribution in [2.75, 3.05) is 5.75 Å². The van der Waals surface area contributed by atoms with E-state index in [4.69, 9.17) is 5.11 Å². The molecule has 118 valence electrons. The van der Waals surface area contributed by atoms with E-state index >= 15 is 0 Å². The Hall–Kier alpha value is -1.75. The molecule has 5 heteroatoms. The highest BCUT2D eigenvalue weighted by atomic mass is 32.2. The van der Waals surface area contributed by atoms with Crippen molar-refractivity contribution in [1.82, 2.24) is 9.55 Å². The van der Waals surface area contributed by atoms with Gasteiger partial charge in [0, 0.05) is 12.3 Å². The molecule has 0 saturated carbocycles. The van der Waals surface area contributed by atoms with Crippen molar-refractivity contribution in [2.45, 2.75) is 39.4 Å². The summed E-state index contributed by atoms with van der Waals surface area (Å²) in [6, 6.07) is 5.16. The third kappa shape index (κ3) is 3.91. The van der Waals surface area contributed by atoms with Crippen LogP contribution in [0.2, 0.25) is 0 Å². The van der Waals surface area contributed by atoms with Gasteiger partial charge in [-0.3, -0.25) is 0 Å². The van der Waals surface area contributed by atoms with Crippen LogP contribution in [0.4, 0.5) is 0 Å². The summed E-state index contributed by atoms with van der Waals surface area (Å²) in [5.74, 6) is 0.452. The minimum Gasteiger partial charge on any atom is -0.478 e. The molecule has 1 heterocycles. The number of thioether (sulfide) groups is 1. The van der Waals surface area contributed by atoms with Crippen LogP contribution in [0.15, 0.2) is 35.0 Å². The highest BCUT2D eigenvalue weighted by molar-refractivity contribution is 7.99. The number of aromatic nitrogens is 2. The topological polar surface area (TPSA) is 55.1 Å². The Labute approximate surface area is 135 Å². The number of hydrogen-bond acceptors (Lipinski definition) is 3. The Bertz CT molecular complexity index is 713. The van der Waals surface area contributed by atoms with Crippen molar-refractivity contribution in [3.63, 3.8) is 0 Å². The van der Waals surface area contributed by atoms with Crippen LogP contribution in [0.25, 0.3) is 11.0 Å². The monoisotopic (exact) mass is 318 g/mol. The summed E-state index contributed by atoms with van der Waals surface area (Å²) in [6.45, 7) is 9.37. The first-order chi connectivity index (χ1) is 10.4. The normalized spacial score (nSPS) is 11.1. The first-order valence-electron chi connectivity index (χ1n) is 7.38. The molecule has 0 saturated heterocycles. The lowest BCUT2D eigenvalue weighted by Gasteiger charge is -2.11. The van der Waals surface area contributed by atoms with Crippen LogP contribution in [-0.4, -0.2) is 26.4 Å². The maximum absolute atomic E-state index is 11.1. The smallest absolute Gasteiger partial charge is 0.335 e. The van der Waals surface area contributed by atoms with Crippen LogP contribution in [-0.2, 0) is 6.54 Å². The van der Waals surface area contributed by atoms with Gasteiger partial charge in [-0.05, 0) is 38.0 Å². The zero-order chi connectivity index (χ0) is 16.3. The molecule has 1 N–H and O–H groups in total. The van der Waals surface area contributed by atoms with Crippen LogP contribution in [0, 0.1) is 5.92 Å². The van der Waals surface area contributed by atoms with Gasteiger partial charge >= 0.3 is 5.97 Å². The molecule has 22 heavy (non-hydrogen) atoms. The molecule has 0 spiro atoms. The molecule has 2 aromatic rings. The molecular formula is C17H22N2O2S. The molecular weight excluding hydrogens is 296 g/mol. The maximum Gasteiger partial charge on any atom is 0.335 e. The van der Waals surface area contributed by atoms with Gasteiger partial charge in [-0.15, -0.1) is 0 Å². The summed E-state index contributed by atoms with van der Waals surface area (Å²) in [5, 5.41) is 10.1. The van der Waals surface area contributed by atoms with Gasteiger partial charge in [0.15, 0.2) is 5.16 Å². The van der Waals surface area contributed by atoms with Crippen molar-refractivity contribution in [1.29, 1.82) is 0 Å². The van der Waals surface area contributed by atoms with Crippen molar-refractivity contribution in [2.24, 2.45) is 5.92 Å². The second kappa shape index (κ2) is 7.01. The van der Waals surface area contributed by atoms with E-state index in [2.05, 4.69) is 43.3 Å².